The minimum atomic E-state index is -0.908. The van der Waals surface area contributed by atoms with Crippen LogP contribution in [0.3, 0.4) is 0 Å². The number of hydrogen-bond donors (Lipinski definition) is 2. The third-order valence-electron chi connectivity index (χ3n) is 6.49. The smallest absolute Gasteiger partial charge is 0.335 e. The molecule has 0 aromatic heterocycles. The van der Waals surface area contributed by atoms with Crippen LogP contribution in [-0.4, -0.2) is 51.7 Å². The maximum Gasteiger partial charge on any atom is 0.335 e. The predicted octanol–water partition coefficient (Wildman–Crippen LogP) is 9.70. The van der Waals surface area contributed by atoms with Crippen molar-refractivity contribution in [1.82, 2.24) is 9.99 Å². The van der Waals surface area contributed by atoms with Crippen LogP contribution >= 0.6 is 20.9 Å². The molecule has 0 spiro atoms. The van der Waals surface area contributed by atoms with Gasteiger partial charge in [-0.2, -0.15) is 17.9 Å². The van der Waals surface area contributed by atoms with Gasteiger partial charge in [0.15, 0.2) is 0 Å². The number of benzene rings is 1. The fraction of sp³-hybridized carbons (Fsp3) is 0.629. The number of ether oxygens (including phenoxy) is 1. The Kier molecular flexibility index (Phi) is 25.7. The molecule has 0 fully saturated rings. The topological polar surface area (TPSA) is 91.7 Å². The molecule has 0 aliphatic carbocycles. The number of carbonyl (C=O) groups is 2. The second-order valence-corrected chi connectivity index (χ2v) is 14.6. The largest absolute Gasteiger partial charge is 0.423 e. The van der Waals surface area contributed by atoms with Gasteiger partial charge in [0.2, 0.25) is 5.91 Å². The van der Waals surface area contributed by atoms with Crippen molar-refractivity contribution in [2.45, 2.75) is 127 Å². The Morgan fingerprint density at radius 1 is 1.05 bits per heavy atom. The number of hydrogen-bond acceptors (Lipinski definition) is 7. The van der Waals surface area contributed by atoms with Gasteiger partial charge in [-0.25, -0.2) is 4.79 Å². The molecule has 0 saturated carbocycles. The van der Waals surface area contributed by atoms with Gasteiger partial charge in [0.05, 0.1) is 23.8 Å². The van der Waals surface area contributed by atoms with E-state index in [2.05, 4.69) is 97.2 Å². The number of nitriles is 1. The Balaban J connectivity index is -0.000000395. The van der Waals surface area contributed by atoms with E-state index in [0.29, 0.717) is 30.9 Å². The lowest BCUT2D eigenvalue weighted by Crippen LogP contribution is -2.58. The highest BCUT2D eigenvalue weighted by Gasteiger charge is 2.43. The van der Waals surface area contributed by atoms with Crippen LogP contribution in [0.4, 0.5) is 0 Å². The highest BCUT2D eigenvalue weighted by molar-refractivity contribution is 7.82. The lowest BCUT2D eigenvalue weighted by molar-refractivity contribution is -0.129. The highest BCUT2D eigenvalue weighted by atomic mass is 32.1. The summed E-state index contributed by atoms with van der Waals surface area (Å²) in [4.78, 5) is 23.4. The third kappa shape index (κ3) is 17.4. The van der Waals surface area contributed by atoms with E-state index in [1.54, 1.807) is 32.1 Å². The molecule has 0 saturated heterocycles. The number of para-hydroxylation sites is 1. The van der Waals surface area contributed by atoms with E-state index in [9.17, 15) is 9.59 Å². The van der Waals surface area contributed by atoms with E-state index >= 15 is 0 Å². The van der Waals surface area contributed by atoms with E-state index in [1.807, 2.05) is 26.0 Å². The summed E-state index contributed by atoms with van der Waals surface area (Å²) >= 11 is 4.40. The molecular formula is C35H64N3O4PS. The van der Waals surface area contributed by atoms with Gasteiger partial charge in [-0.15, -0.1) is 0 Å². The first kappa shape index (κ1) is 48.7. The van der Waals surface area contributed by atoms with Crippen LogP contribution in [0.2, 0.25) is 0 Å². The monoisotopic (exact) mass is 653 g/mol. The Hall–Kier alpha value is -2.17. The molecule has 254 valence electrons. The molecule has 1 rings (SSSR count). The maximum atomic E-state index is 12.5. The van der Waals surface area contributed by atoms with Crippen LogP contribution in [0.15, 0.2) is 43.5 Å². The summed E-state index contributed by atoms with van der Waals surface area (Å²) in [6.45, 7) is 32.1. The van der Waals surface area contributed by atoms with Crippen LogP contribution < -0.4 is 10.1 Å². The third-order valence-corrected chi connectivity index (χ3v) is 9.67. The molecule has 1 aromatic carbocycles. The number of amides is 1. The van der Waals surface area contributed by atoms with Crippen molar-refractivity contribution in [2.75, 3.05) is 12.8 Å². The van der Waals surface area contributed by atoms with Crippen molar-refractivity contribution in [3.63, 3.8) is 0 Å². The lowest BCUT2D eigenvalue weighted by Gasteiger charge is -2.47. The van der Waals surface area contributed by atoms with Crippen molar-refractivity contribution in [3.05, 3.63) is 49.1 Å². The molecule has 1 atom stereocenters. The van der Waals surface area contributed by atoms with Gasteiger partial charge in [0, 0.05) is 35.4 Å². The van der Waals surface area contributed by atoms with Gasteiger partial charge in [-0.05, 0) is 66.9 Å². The molecule has 0 heterocycles. The zero-order valence-corrected chi connectivity index (χ0v) is 29.9. The Morgan fingerprint density at radius 2 is 1.55 bits per heavy atom. The summed E-state index contributed by atoms with van der Waals surface area (Å²) in [5.74, 6) is -0.0417. The molecule has 7 nitrogen and oxygen atoms in total. The lowest BCUT2D eigenvalue weighted by atomic mass is 9.76. The molecule has 0 bridgehead atoms. The SMILES string of the molecule is C.C.C=CC(=O)Oc1ccccc1C=C.CC.CC(C)N(C(C)C)P(CC(C)(C)C(C)(C)NC(=O)C(C)(C)S)OCCC#N. The van der Waals surface area contributed by atoms with Gasteiger partial charge in [0.1, 0.15) is 14.0 Å². The molecule has 1 amide bonds. The summed E-state index contributed by atoms with van der Waals surface area (Å²) in [6, 6.07) is 9.99. The van der Waals surface area contributed by atoms with Crippen molar-refractivity contribution in [2.24, 2.45) is 5.41 Å². The molecule has 0 aliphatic rings. The highest BCUT2D eigenvalue weighted by Crippen LogP contribution is 2.51. The first-order valence-electron chi connectivity index (χ1n) is 14.5. The number of nitrogens with one attached hydrogen (secondary N) is 1. The first-order valence-corrected chi connectivity index (χ1v) is 16.4. The number of rotatable bonds is 14. The average Bonchev–Trinajstić information content (AvgIpc) is 2.89. The quantitative estimate of drug-likeness (QED) is 0.0519. The number of nitrogens with zero attached hydrogens (tertiary/aromatic N) is 2. The molecule has 44 heavy (non-hydrogen) atoms. The summed E-state index contributed by atoms with van der Waals surface area (Å²) < 4.78 is 12.8. The number of carbonyl (C=O) groups excluding carboxylic acids is 2. The predicted molar refractivity (Wildman–Crippen MR) is 196 cm³/mol. The minimum absolute atomic E-state index is 0. The fourth-order valence-electron chi connectivity index (χ4n) is 3.54. The van der Waals surface area contributed by atoms with E-state index < -0.39 is 24.6 Å². The van der Waals surface area contributed by atoms with Gasteiger partial charge >= 0.3 is 5.97 Å². The van der Waals surface area contributed by atoms with E-state index in [4.69, 9.17) is 14.5 Å². The molecule has 1 N–H and O–H groups in total. The molecule has 0 radical (unpaired) electrons. The van der Waals surface area contributed by atoms with Crippen molar-refractivity contribution >= 4 is 38.9 Å². The molecular weight excluding hydrogens is 589 g/mol. The zero-order valence-electron chi connectivity index (χ0n) is 28.1. The van der Waals surface area contributed by atoms with Crippen molar-refractivity contribution in [1.29, 1.82) is 5.26 Å². The molecule has 1 aromatic rings. The maximum absolute atomic E-state index is 12.5. The summed E-state index contributed by atoms with van der Waals surface area (Å²) in [5.41, 5.74) is 0.128. The Morgan fingerprint density at radius 3 is 1.95 bits per heavy atom. The molecule has 0 aliphatic heterocycles. The standard InChI is InChI=1S/C20H40N3O2PS.C11H10O2.C2H6.2CH4/c1-15(2)23(16(3)4)26(25-13-11-12-21)14-18(5,6)20(9,10)22-17(24)19(7,8)27;1-3-9-7-5-6-8-10(9)13-11(12)4-2;1-2;;/h15-16,27H,11,13-14H2,1-10H3,(H,22,24);3-8H,1-2H2;1-2H3;2*1H4. The van der Waals surface area contributed by atoms with Gasteiger partial charge < -0.3 is 14.6 Å². The zero-order chi connectivity index (χ0) is 33.3. The number of thiol groups is 1. The summed E-state index contributed by atoms with van der Waals surface area (Å²) in [6.07, 6.45) is 3.94. The van der Waals surface area contributed by atoms with Crippen LogP contribution in [0.5, 0.6) is 5.75 Å². The second kappa shape index (κ2) is 23.2. The fourth-order valence-corrected chi connectivity index (χ4v) is 6.38. The van der Waals surface area contributed by atoms with Crippen LogP contribution in [0.25, 0.3) is 6.08 Å². The Bertz CT molecular complexity index is 1020. The normalized spacial score (nSPS) is 11.7. The van der Waals surface area contributed by atoms with Gasteiger partial charge in [0.25, 0.3) is 0 Å². The van der Waals surface area contributed by atoms with E-state index in [0.717, 1.165) is 17.8 Å². The van der Waals surface area contributed by atoms with Gasteiger partial charge in [-0.1, -0.05) is 80.0 Å². The van der Waals surface area contributed by atoms with Crippen LogP contribution in [0.1, 0.15) is 110 Å². The molecule has 1 unspecified atom stereocenters. The van der Waals surface area contributed by atoms with Crippen LogP contribution in [0, 0.1) is 16.7 Å². The van der Waals surface area contributed by atoms with E-state index in [1.165, 1.54) is 0 Å². The second-order valence-electron chi connectivity index (χ2n) is 11.7. The molecule has 9 heteroatoms. The average molecular weight is 654 g/mol. The van der Waals surface area contributed by atoms with Crippen molar-refractivity contribution < 1.29 is 18.8 Å². The van der Waals surface area contributed by atoms with Crippen LogP contribution in [-0.2, 0) is 14.1 Å². The minimum Gasteiger partial charge on any atom is -0.423 e. The van der Waals surface area contributed by atoms with E-state index in [-0.39, 0.29) is 26.2 Å². The summed E-state index contributed by atoms with van der Waals surface area (Å²) in [5, 5.41) is 12.1. The first-order chi connectivity index (χ1) is 19.3. The summed E-state index contributed by atoms with van der Waals surface area (Å²) in [7, 11) is -0.908. The van der Waals surface area contributed by atoms with Crippen molar-refractivity contribution in [3.8, 4) is 11.8 Å². The Labute approximate surface area is 278 Å². The van der Waals surface area contributed by atoms with Gasteiger partial charge in [-0.3, -0.25) is 9.46 Å². The number of esters is 1.